The number of fused-ring (bicyclic) bond motifs is 1. The van der Waals surface area contributed by atoms with Crippen LogP contribution in [0.15, 0.2) is 51.8 Å². The fourth-order valence-corrected chi connectivity index (χ4v) is 4.50. The number of amides is 2. The van der Waals surface area contributed by atoms with E-state index < -0.39 is 21.8 Å². The van der Waals surface area contributed by atoms with Crippen LogP contribution in [0, 0.1) is 5.92 Å². The molecular formula is C21H24N4O4S. The Bertz CT molecular complexity index is 1120. The maximum atomic E-state index is 12.7. The lowest BCUT2D eigenvalue weighted by molar-refractivity contribution is -0.117. The van der Waals surface area contributed by atoms with Crippen molar-refractivity contribution in [3.8, 4) is 0 Å². The van der Waals surface area contributed by atoms with Crippen molar-refractivity contribution in [3.05, 3.63) is 53.6 Å². The smallest absolute Gasteiger partial charge is 0.286 e. The molecule has 0 unspecified atom stereocenters. The molecule has 0 aromatic heterocycles. The van der Waals surface area contributed by atoms with Gasteiger partial charge in [-0.25, -0.2) is 0 Å². The second kappa shape index (κ2) is 8.27. The van der Waals surface area contributed by atoms with Crippen molar-refractivity contribution in [1.82, 2.24) is 0 Å². The lowest BCUT2D eigenvalue weighted by atomic mass is 10.1. The van der Waals surface area contributed by atoms with Crippen molar-refractivity contribution in [3.63, 3.8) is 0 Å². The Balaban J connectivity index is 1.87. The fraction of sp³-hybridized carbons (Fsp3) is 0.286. The van der Waals surface area contributed by atoms with Crippen LogP contribution >= 0.6 is 0 Å². The zero-order valence-corrected chi connectivity index (χ0v) is 17.9. The van der Waals surface area contributed by atoms with Gasteiger partial charge in [-0.3, -0.25) is 9.59 Å². The quantitative estimate of drug-likeness (QED) is 0.732. The van der Waals surface area contributed by atoms with Gasteiger partial charge in [-0.15, -0.1) is 4.40 Å². The van der Waals surface area contributed by atoms with Crippen LogP contribution in [0.3, 0.4) is 0 Å². The van der Waals surface area contributed by atoms with Gasteiger partial charge >= 0.3 is 0 Å². The highest BCUT2D eigenvalue weighted by Crippen LogP contribution is 2.33. The summed E-state index contributed by atoms with van der Waals surface area (Å²) in [4.78, 5) is 25.5. The molecule has 1 aliphatic heterocycles. The molecule has 9 heteroatoms. The predicted molar refractivity (Wildman–Crippen MR) is 116 cm³/mol. The van der Waals surface area contributed by atoms with Crippen LogP contribution in [0.4, 0.5) is 11.4 Å². The molecule has 0 atom stereocenters. The predicted octanol–water partition coefficient (Wildman–Crippen LogP) is 2.55. The van der Waals surface area contributed by atoms with E-state index in [2.05, 4.69) is 9.71 Å². The lowest BCUT2D eigenvalue weighted by Crippen LogP contribution is -2.36. The van der Waals surface area contributed by atoms with Crippen LogP contribution in [0.5, 0.6) is 0 Å². The van der Waals surface area contributed by atoms with E-state index in [-0.39, 0.29) is 16.9 Å². The van der Waals surface area contributed by atoms with Crippen LogP contribution in [0.2, 0.25) is 0 Å². The number of nitrogens with two attached hydrogens (primary N) is 1. The molecule has 0 saturated heterocycles. The first-order chi connectivity index (χ1) is 14.1. The van der Waals surface area contributed by atoms with Crippen LogP contribution in [0.1, 0.15) is 36.7 Å². The van der Waals surface area contributed by atoms with E-state index in [4.69, 9.17) is 5.73 Å². The van der Waals surface area contributed by atoms with Crippen LogP contribution < -0.4 is 16.0 Å². The van der Waals surface area contributed by atoms with Crippen molar-refractivity contribution in [2.75, 3.05) is 16.8 Å². The van der Waals surface area contributed by atoms with Gasteiger partial charge in [0, 0.05) is 17.8 Å². The molecule has 0 radical (unpaired) electrons. The minimum absolute atomic E-state index is 0.0122. The number of hydrogen-bond donors (Lipinski definition) is 2. The van der Waals surface area contributed by atoms with Gasteiger partial charge in [0.2, 0.25) is 5.91 Å². The van der Waals surface area contributed by atoms with Crippen molar-refractivity contribution in [2.24, 2.45) is 16.0 Å². The number of anilines is 2. The summed E-state index contributed by atoms with van der Waals surface area (Å²) in [5.41, 5.74) is 7.15. The number of hydrogen-bond acceptors (Lipinski definition) is 5. The van der Waals surface area contributed by atoms with Gasteiger partial charge in [-0.1, -0.05) is 26.0 Å². The summed E-state index contributed by atoms with van der Waals surface area (Å²) in [6, 6.07) is 11.3. The lowest BCUT2D eigenvalue weighted by Gasteiger charge is -2.30. The zero-order valence-electron chi connectivity index (χ0n) is 17.0. The largest absolute Gasteiger partial charge is 0.369 e. The second-order valence-corrected chi connectivity index (χ2v) is 9.17. The molecule has 158 valence electrons. The Morgan fingerprint density at radius 3 is 2.40 bits per heavy atom. The van der Waals surface area contributed by atoms with Crippen LogP contribution in [-0.4, -0.2) is 32.6 Å². The molecule has 3 N–H and O–H groups in total. The molecule has 1 aliphatic rings. The van der Waals surface area contributed by atoms with E-state index in [0.29, 0.717) is 29.7 Å². The number of benzene rings is 2. The third kappa shape index (κ3) is 4.68. The molecule has 2 aromatic carbocycles. The summed E-state index contributed by atoms with van der Waals surface area (Å²) >= 11 is 0. The molecular weight excluding hydrogens is 404 g/mol. The van der Waals surface area contributed by atoms with Gasteiger partial charge in [-0.2, -0.15) is 8.42 Å². The van der Waals surface area contributed by atoms with Crippen LogP contribution in [0.25, 0.3) is 0 Å². The third-order valence-electron chi connectivity index (χ3n) is 4.57. The van der Waals surface area contributed by atoms with Crippen molar-refractivity contribution in [2.45, 2.75) is 32.1 Å². The molecule has 8 nitrogen and oxygen atoms in total. The second-order valence-electron chi connectivity index (χ2n) is 7.59. The molecule has 0 spiro atoms. The summed E-state index contributed by atoms with van der Waals surface area (Å²) in [5.74, 6) is -0.183. The maximum absolute atomic E-state index is 12.7. The van der Waals surface area contributed by atoms with Gasteiger partial charge in [-0.05, 0) is 48.7 Å². The van der Waals surface area contributed by atoms with E-state index in [0.717, 1.165) is 5.56 Å². The van der Waals surface area contributed by atoms with Crippen molar-refractivity contribution in [1.29, 1.82) is 0 Å². The summed E-state index contributed by atoms with van der Waals surface area (Å²) in [6.07, 6.45) is 0.115. The number of amidine groups is 1. The Morgan fingerprint density at radius 1 is 1.13 bits per heavy atom. The van der Waals surface area contributed by atoms with E-state index in [1.54, 1.807) is 43.3 Å². The van der Waals surface area contributed by atoms with Crippen molar-refractivity contribution >= 4 is 39.0 Å². The third-order valence-corrected chi connectivity index (χ3v) is 5.96. The molecule has 0 aliphatic carbocycles. The fourth-order valence-electron chi connectivity index (χ4n) is 3.24. The summed E-state index contributed by atoms with van der Waals surface area (Å²) in [5, 5.41) is 2.73. The monoisotopic (exact) mass is 428 g/mol. The highest BCUT2D eigenvalue weighted by atomic mass is 32.2. The Labute approximate surface area is 175 Å². The first-order valence-corrected chi connectivity index (χ1v) is 10.9. The van der Waals surface area contributed by atoms with Gasteiger partial charge in [0.1, 0.15) is 10.7 Å². The summed E-state index contributed by atoms with van der Waals surface area (Å²) in [7, 11) is -3.88. The Hall–Kier alpha value is -3.20. The number of nitrogens with one attached hydrogen (secondary N) is 1. The molecule has 1 heterocycles. The summed E-state index contributed by atoms with van der Waals surface area (Å²) < 4.78 is 29.0. The first kappa shape index (κ1) is 21.5. The standard InChI is InChI=1S/C21H24N4O4S/c1-13(2)12-25-14(3)24-30(28,29)19-11-16(6-9-18(19)25)21(27)23-17-7-4-15(5-8-17)10-20(22)26/h4-9,11,13H,10,12H2,1-3H3,(H2,22,26)(H,23,27). The zero-order chi connectivity index (χ0) is 22.1. The Morgan fingerprint density at radius 2 is 1.80 bits per heavy atom. The van der Waals surface area contributed by atoms with E-state index in [9.17, 15) is 18.0 Å². The number of sulfonamides is 1. The van der Waals surface area contributed by atoms with Crippen molar-refractivity contribution < 1.29 is 18.0 Å². The Kier molecular flexibility index (Phi) is 5.93. The highest BCUT2D eigenvalue weighted by Gasteiger charge is 2.30. The molecule has 2 aromatic rings. The number of rotatable bonds is 6. The minimum Gasteiger partial charge on any atom is -0.369 e. The summed E-state index contributed by atoms with van der Waals surface area (Å²) in [6.45, 7) is 6.34. The van der Waals surface area contributed by atoms with E-state index in [1.807, 2.05) is 18.7 Å². The maximum Gasteiger partial charge on any atom is 0.286 e. The van der Waals surface area contributed by atoms with Gasteiger partial charge in [0.15, 0.2) is 0 Å². The number of carbonyl (C=O) groups is 2. The van der Waals surface area contributed by atoms with E-state index >= 15 is 0 Å². The molecule has 0 bridgehead atoms. The van der Waals surface area contributed by atoms with Gasteiger partial charge in [0.05, 0.1) is 12.1 Å². The van der Waals surface area contributed by atoms with Crippen LogP contribution in [-0.2, 0) is 21.2 Å². The SMILES string of the molecule is CC1=NS(=O)(=O)c2cc(C(=O)Nc3ccc(CC(N)=O)cc3)ccc2N1CC(C)C. The number of nitrogens with zero attached hydrogens (tertiary/aromatic N) is 2. The first-order valence-electron chi connectivity index (χ1n) is 9.48. The van der Waals surface area contributed by atoms with Gasteiger partial charge in [0.25, 0.3) is 15.9 Å². The van der Waals surface area contributed by atoms with Gasteiger partial charge < -0.3 is 16.0 Å². The average molecular weight is 429 g/mol. The normalized spacial score (nSPS) is 14.8. The topological polar surface area (TPSA) is 122 Å². The molecule has 2 amide bonds. The number of primary amides is 1. The molecule has 30 heavy (non-hydrogen) atoms. The molecule has 3 rings (SSSR count). The minimum atomic E-state index is -3.88. The molecule has 0 saturated carbocycles. The highest BCUT2D eigenvalue weighted by molar-refractivity contribution is 7.90. The van der Waals surface area contributed by atoms with E-state index in [1.165, 1.54) is 6.07 Å². The number of carbonyl (C=O) groups excluding carboxylic acids is 2. The average Bonchev–Trinajstić information content (AvgIpc) is 2.65. The molecule has 0 fully saturated rings.